The quantitative estimate of drug-likeness (QED) is 0.223. The molecule has 0 aliphatic heterocycles. The molecule has 4 aromatic carbocycles. The van der Waals surface area contributed by atoms with Crippen LogP contribution in [-0.4, -0.2) is 19.1 Å². The predicted octanol–water partition coefficient (Wildman–Crippen LogP) is 9.57. The first-order chi connectivity index (χ1) is 20.5. The second-order valence-electron chi connectivity index (χ2n) is 11.2. The molecule has 0 atom stereocenters. The fourth-order valence-corrected chi connectivity index (χ4v) is 6.76. The number of benzene rings is 4. The van der Waals surface area contributed by atoms with Crippen LogP contribution in [0, 0.1) is 27.7 Å². The number of fused-ring (bicyclic) bond motifs is 6. The number of pyridine rings is 2. The average molecular weight is 543 g/mol. The van der Waals surface area contributed by atoms with E-state index in [1.54, 1.807) is 0 Å². The summed E-state index contributed by atoms with van der Waals surface area (Å²) in [5.41, 5.74) is 11.4. The van der Waals surface area contributed by atoms with Gasteiger partial charge in [0.05, 0.1) is 22.1 Å². The van der Waals surface area contributed by atoms with Gasteiger partial charge in [0.25, 0.3) is 0 Å². The zero-order valence-electron chi connectivity index (χ0n) is 24.2. The Kier molecular flexibility index (Phi) is 5.35. The van der Waals surface area contributed by atoms with E-state index in [9.17, 15) is 0 Å². The second kappa shape index (κ2) is 9.15. The first-order valence-electron chi connectivity index (χ1n) is 14.5. The lowest BCUT2D eigenvalue weighted by atomic mass is 9.95. The zero-order valence-corrected chi connectivity index (χ0v) is 24.2. The van der Waals surface area contributed by atoms with Gasteiger partial charge in [-0.3, -0.25) is 14.1 Å². The van der Waals surface area contributed by atoms with E-state index >= 15 is 0 Å². The Bertz CT molecular complexity index is 2110. The number of hydrogen-bond acceptors (Lipinski definition) is 2. The van der Waals surface area contributed by atoms with Crippen molar-refractivity contribution in [2.75, 3.05) is 0 Å². The van der Waals surface area contributed by atoms with Gasteiger partial charge < -0.3 is 0 Å². The smallest absolute Gasteiger partial charge is 0.140 e. The van der Waals surface area contributed by atoms with Crippen molar-refractivity contribution in [3.8, 4) is 22.8 Å². The van der Waals surface area contributed by atoms with Crippen LogP contribution in [0.15, 0.2) is 109 Å². The first-order valence-corrected chi connectivity index (χ1v) is 14.5. The number of para-hydroxylation sites is 4. The summed E-state index contributed by atoms with van der Waals surface area (Å²) in [7, 11) is 0. The van der Waals surface area contributed by atoms with E-state index in [-0.39, 0.29) is 0 Å². The monoisotopic (exact) mass is 542 g/mol. The summed E-state index contributed by atoms with van der Waals surface area (Å²) in [6.45, 7) is 8.60. The molecular formula is C38H30N4. The maximum absolute atomic E-state index is 5.45. The highest BCUT2D eigenvalue weighted by molar-refractivity contribution is 6.10. The second-order valence-corrected chi connectivity index (χ2v) is 11.2. The van der Waals surface area contributed by atoms with Crippen molar-refractivity contribution in [1.29, 1.82) is 0 Å². The molecule has 0 radical (unpaired) electrons. The SMILES string of the molecule is Cc1nc(C)c(-c2cc(-n3c4ccccc4c4ccccc43)nc(-n3c4ccccc4c4ccccc43)c2)c(C)c1C. The third kappa shape index (κ3) is 3.48. The van der Waals surface area contributed by atoms with E-state index in [0.29, 0.717) is 0 Å². The minimum absolute atomic E-state index is 0.888. The molecule has 8 rings (SSSR count). The van der Waals surface area contributed by atoms with Crippen molar-refractivity contribution in [3.63, 3.8) is 0 Å². The summed E-state index contributed by atoms with van der Waals surface area (Å²) >= 11 is 0. The molecular weight excluding hydrogens is 512 g/mol. The van der Waals surface area contributed by atoms with Crippen molar-refractivity contribution in [2.24, 2.45) is 0 Å². The van der Waals surface area contributed by atoms with Gasteiger partial charge in [-0.1, -0.05) is 72.8 Å². The van der Waals surface area contributed by atoms with Gasteiger partial charge in [-0.05, 0) is 80.8 Å². The lowest BCUT2D eigenvalue weighted by molar-refractivity contribution is 1.01. The Morgan fingerprint density at radius 3 is 1.21 bits per heavy atom. The fourth-order valence-electron chi connectivity index (χ4n) is 6.76. The molecule has 4 heteroatoms. The molecule has 0 saturated carbocycles. The van der Waals surface area contributed by atoms with Crippen LogP contribution in [0.4, 0.5) is 0 Å². The molecule has 0 N–H and O–H groups in total. The van der Waals surface area contributed by atoms with E-state index in [1.807, 2.05) is 0 Å². The minimum atomic E-state index is 0.888. The molecule has 202 valence electrons. The summed E-state index contributed by atoms with van der Waals surface area (Å²) in [4.78, 5) is 10.4. The lowest BCUT2D eigenvalue weighted by Gasteiger charge is -2.18. The van der Waals surface area contributed by atoms with Gasteiger partial charge in [0.2, 0.25) is 0 Å². The number of rotatable bonds is 3. The molecule has 4 nitrogen and oxygen atoms in total. The number of aryl methyl sites for hydroxylation is 2. The highest BCUT2D eigenvalue weighted by atomic mass is 15.1. The molecule has 0 bridgehead atoms. The number of nitrogens with zero attached hydrogens (tertiary/aromatic N) is 4. The van der Waals surface area contributed by atoms with E-state index in [4.69, 9.17) is 9.97 Å². The topological polar surface area (TPSA) is 35.6 Å². The van der Waals surface area contributed by atoms with Crippen molar-refractivity contribution >= 4 is 43.6 Å². The molecule has 0 unspecified atom stereocenters. The van der Waals surface area contributed by atoms with Crippen molar-refractivity contribution in [2.45, 2.75) is 27.7 Å². The Hall–Kier alpha value is -5.22. The Morgan fingerprint density at radius 1 is 0.429 bits per heavy atom. The third-order valence-electron chi connectivity index (χ3n) is 8.88. The summed E-state index contributed by atoms with van der Waals surface area (Å²) in [6.07, 6.45) is 0. The molecule has 0 fully saturated rings. The van der Waals surface area contributed by atoms with E-state index in [1.165, 1.54) is 38.2 Å². The van der Waals surface area contributed by atoms with Crippen molar-refractivity contribution < 1.29 is 0 Å². The zero-order chi connectivity index (χ0) is 28.5. The van der Waals surface area contributed by atoms with Gasteiger partial charge in [-0.15, -0.1) is 0 Å². The average Bonchev–Trinajstić information content (AvgIpc) is 3.53. The van der Waals surface area contributed by atoms with Crippen LogP contribution in [-0.2, 0) is 0 Å². The van der Waals surface area contributed by atoms with E-state index < -0.39 is 0 Å². The van der Waals surface area contributed by atoms with Gasteiger partial charge in [0, 0.05) is 38.5 Å². The Balaban J connectivity index is 1.53. The maximum Gasteiger partial charge on any atom is 0.140 e. The van der Waals surface area contributed by atoms with Crippen LogP contribution >= 0.6 is 0 Å². The molecule has 42 heavy (non-hydrogen) atoms. The highest BCUT2D eigenvalue weighted by Crippen LogP contribution is 2.37. The van der Waals surface area contributed by atoms with Gasteiger partial charge in [0.15, 0.2) is 0 Å². The fraction of sp³-hybridized carbons (Fsp3) is 0.105. The van der Waals surface area contributed by atoms with Crippen LogP contribution in [0.25, 0.3) is 66.4 Å². The van der Waals surface area contributed by atoms with Gasteiger partial charge >= 0.3 is 0 Å². The number of hydrogen-bond donors (Lipinski definition) is 0. The summed E-state index contributed by atoms with van der Waals surface area (Å²) in [5.74, 6) is 1.78. The summed E-state index contributed by atoms with van der Waals surface area (Å²) in [5, 5.41) is 4.88. The molecule has 4 heterocycles. The molecule has 0 amide bonds. The van der Waals surface area contributed by atoms with Crippen LogP contribution in [0.1, 0.15) is 22.5 Å². The molecule has 0 aliphatic carbocycles. The lowest BCUT2D eigenvalue weighted by Crippen LogP contribution is -2.06. The van der Waals surface area contributed by atoms with Gasteiger partial charge in [-0.25, -0.2) is 4.98 Å². The standard InChI is InChI=1S/C38H30N4/c1-23-24(2)38(26(4)39-25(23)3)27-21-36(41-32-17-9-5-13-28(32)29-14-6-10-18-33(29)41)40-37(22-27)42-34-19-11-7-15-30(34)31-16-8-12-20-35(31)42/h5-22H,1-4H3. The first kappa shape index (κ1) is 24.6. The molecule has 0 spiro atoms. The van der Waals surface area contributed by atoms with Crippen LogP contribution in [0.2, 0.25) is 0 Å². The Labute approximate surface area is 244 Å². The summed E-state index contributed by atoms with van der Waals surface area (Å²) in [6, 6.07) is 38.9. The Morgan fingerprint density at radius 2 is 0.810 bits per heavy atom. The van der Waals surface area contributed by atoms with Gasteiger partial charge in [-0.2, -0.15) is 0 Å². The minimum Gasteiger partial charge on any atom is -0.294 e. The summed E-state index contributed by atoms with van der Waals surface area (Å²) < 4.78 is 4.62. The maximum atomic E-state index is 5.45. The van der Waals surface area contributed by atoms with Crippen molar-refractivity contribution in [3.05, 3.63) is 132 Å². The van der Waals surface area contributed by atoms with Crippen LogP contribution in [0.3, 0.4) is 0 Å². The third-order valence-corrected chi connectivity index (χ3v) is 8.88. The van der Waals surface area contributed by atoms with Crippen LogP contribution < -0.4 is 0 Å². The van der Waals surface area contributed by atoms with Crippen molar-refractivity contribution in [1.82, 2.24) is 19.1 Å². The predicted molar refractivity (Wildman–Crippen MR) is 175 cm³/mol. The molecule has 0 saturated heterocycles. The largest absolute Gasteiger partial charge is 0.294 e. The van der Waals surface area contributed by atoms with Crippen LogP contribution in [0.5, 0.6) is 0 Å². The molecule has 0 aliphatic rings. The number of aromatic nitrogens is 4. The normalized spacial score (nSPS) is 11.8. The van der Waals surface area contributed by atoms with E-state index in [0.717, 1.165) is 50.7 Å². The van der Waals surface area contributed by atoms with E-state index in [2.05, 4.69) is 146 Å². The van der Waals surface area contributed by atoms with Gasteiger partial charge in [0.1, 0.15) is 11.6 Å². The molecule has 4 aromatic heterocycles. The highest BCUT2D eigenvalue weighted by Gasteiger charge is 2.20. The molecule has 8 aromatic rings.